The Hall–Kier alpha value is -3.72. The van der Waals surface area contributed by atoms with Gasteiger partial charge in [-0.15, -0.1) is 0 Å². The van der Waals surface area contributed by atoms with Crippen LogP contribution in [0.1, 0.15) is 19.5 Å². The van der Waals surface area contributed by atoms with E-state index in [0.29, 0.717) is 23.7 Å². The molecule has 1 aromatic carbocycles. The van der Waals surface area contributed by atoms with E-state index in [1.54, 1.807) is 0 Å². The number of barbiturate groups is 1. The first kappa shape index (κ1) is 19.9. The van der Waals surface area contributed by atoms with Gasteiger partial charge in [-0.25, -0.2) is 9.78 Å². The number of ether oxygens (including phenoxy) is 1. The number of furan rings is 1. The van der Waals surface area contributed by atoms with Crippen LogP contribution in [0.2, 0.25) is 0 Å². The molecule has 4 amide bonds. The van der Waals surface area contributed by atoms with Gasteiger partial charge in [0.25, 0.3) is 0 Å². The maximum atomic E-state index is 13.2. The highest BCUT2D eigenvalue weighted by molar-refractivity contribution is 6.20. The van der Waals surface area contributed by atoms with Crippen LogP contribution in [-0.4, -0.2) is 47.6 Å². The molecule has 0 radical (unpaired) electrons. The Kier molecular flexibility index (Phi) is 4.16. The lowest BCUT2D eigenvalue weighted by molar-refractivity contribution is -0.153. The maximum Gasteiger partial charge on any atom is 0.328 e. The second-order valence-corrected chi connectivity index (χ2v) is 8.95. The third-order valence-corrected chi connectivity index (χ3v) is 6.83. The SMILES string of the molecule is C[C@@H]1CN2c3ccc(-c4cc5ccccc5o4)nc3CC3(C(=O)NC(=O)NC3=O)[C@H]2[C@H](C)O1. The Bertz CT molecular complexity index is 1280. The molecule has 2 fully saturated rings. The number of imide groups is 2. The largest absolute Gasteiger partial charge is 0.454 e. The van der Waals surface area contributed by atoms with Crippen molar-refractivity contribution in [2.75, 3.05) is 11.4 Å². The van der Waals surface area contributed by atoms with E-state index in [2.05, 4.69) is 10.6 Å². The number of aromatic nitrogens is 1. The molecule has 3 aromatic rings. The van der Waals surface area contributed by atoms with Crippen molar-refractivity contribution in [1.82, 2.24) is 15.6 Å². The number of carbonyl (C=O) groups is 3. The summed E-state index contributed by atoms with van der Waals surface area (Å²) in [5.41, 5.74) is 1.28. The van der Waals surface area contributed by atoms with Gasteiger partial charge in [0.1, 0.15) is 11.3 Å². The quantitative estimate of drug-likeness (QED) is 0.552. The fourth-order valence-electron chi connectivity index (χ4n) is 5.54. The highest BCUT2D eigenvalue weighted by Gasteiger charge is 2.63. The number of benzene rings is 1. The number of nitrogens with one attached hydrogen (secondary N) is 2. The second kappa shape index (κ2) is 6.89. The molecule has 1 spiro atoms. The lowest BCUT2D eigenvalue weighted by atomic mass is 9.67. The van der Waals surface area contributed by atoms with Crippen molar-refractivity contribution >= 4 is 34.5 Å². The summed E-state index contributed by atoms with van der Waals surface area (Å²) in [6.07, 6.45) is -0.475. The molecule has 6 rings (SSSR count). The van der Waals surface area contributed by atoms with E-state index in [9.17, 15) is 14.4 Å². The third kappa shape index (κ3) is 2.82. The number of nitrogens with zero attached hydrogens (tertiary/aromatic N) is 2. The smallest absolute Gasteiger partial charge is 0.328 e. The van der Waals surface area contributed by atoms with Crippen molar-refractivity contribution in [1.29, 1.82) is 0 Å². The summed E-state index contributed by atoms with van der Waals surface area (Å²) in [6.45, 7) is 4.30. The van der Waals surface area contributed by atoms with Gasteiger partial charge < -0.3 is 14.1 Å². The fourth-order valence-corrected chi connectivity index (χ4v) is 5.54. The Labute approximate surface area is 189 Å². The number of rotatable bonds is 1. The Morgan fingerprint density at radius 1 is 1.06 bits per heavy atom. The number of urea groups is 1. The molecule has 9 heteroatoms. The molecule has 2 N–H and O–H groups in total. The van der Waals surface area contributed by atoms with Crippen LogP contribution in [0.15, 0.2) is 46.9 Å². The van der Waals surface area contributed by atoms with Crippen LogP contribution >= 0.6 is 0 Å². The van der Waals surface area contributed by atoms with Crippen LogP contribution in [0.5, 0.6) is 0 Å². The first-order chi connectivity index (χ1) is 15.9. The van der Waals surface area contributed by atoms with Crippen LogP contribution in [-0.2, 0) is 20.7 Å². The van der Waals surface area contributed by atoms with Crippen molar-refractivity contribution in [3.05, 3.63) is 48.2 Å². The Morgan fingerprint density at radius 3 is 2.58 bits per heavy atom. The average Bonchev–Trinajstić information content (AvgIpc) is 3.21. The van der Waals surface area contributed by atoms with E-state index in [1.807, 2.05) is 61.2 Å². The average molecular weight is 446 g/mol. The van der Waals surface area contributed by atoms with Gasteiger partial charge in [0.05, 0.1) is 29.6 Å². The minimum Gasteiger partial charge on any atom is -0.454 e. The van der Waals surface area contributed by atoms with Crippen LogP contribution in [0.3, 0.4) is 0 Å². The molecule has 5 heterocycles. The van der Waals surface area contributed by atoms with Crippen LogP contribution in [0.4, 0.5) is 10.5 Å². The fraction of sp³-hybridized carbons (Fsp3) is 0.333. The molecular weight excluding hydrogens is 424 g/mol. The van der Waals surface area contributed by atoms with Gasteiger partial charge in [0.15, 0.2) is 11.2 Å². The normalized spacial score (nSPS) is 26.1. The van der Waals surface area contributed by atoms with E-state index in [0.717, 1.165) is 16.7 Å². The molecule has 3 aliphatic rings. The van der Waals surface area contributed by atoms with Crippen molar-refractivity contribution in [3.63, 3.8) is 0 Å². The molecule has 33 heavy (non-hydrogen) atoms. The molecule has 0 aliphatic carbocycles. The number of anilines is 1. The number of para-hydroxylation sites is 1. The van der Waals surface area contributed by atoms with Gasteiger partial charge in [0, 0.05) is 18.4 Å². The zero-order valence-electron chi connectivity index (χ0n) is 18.1. The van der Waals surface area contributed by atoms with E-state index < -0.39 is 35.4 Å². The number of hydrogen-bond donors (Lipinski definition) is 2. The molecule has 2 aromatic heterocycles. The highest BCUT2D eigenvalue weighted by Crippen LogP contribution is 2.46. The number of carbonyl (C=O) groups excluding carboxylic acids is 3. The van der Waals surface area contributed by atoms with E-state index in [1.165, 1.54) is 0 Å². The van der Waals surface area contributed by atoms with Crippen LogP contribution in [0.25, 0.3) is 22.4 Å². The minimum absolute atomic E-state index is 0.0462. The minimum atomic E-state index is -1.54. The number of morpholine rings is 1. The van der Waals surface area contributed by atoms with Gasteiger partial charge in [0.2, 0.25) is 11.8 Å². The van der Waals surface area contributed by atoms with E-state index in [4.69, 9.17) is 14.1 Å². The van der Waals surface area contributed by atoms with Gasteiger partial charge >= 0.3 is 6.03 Å². The van der Waals surface area contributed by atoms with Crippen LogP contribution < -0.4 is 15.5 Å². The molecule has 9 nitrogen and oxygen atoms in total. The van der Waals surface area contributed by atoms with Crippen molar-refractivity contribution < 1.29 is 23.5 Å². The lowest BCUT2D eigenvalue weighted by Gasteiger charge is -2.55. The molecule has 0 unspecified atom stereocenters. The molecule has 2 saturated heterocycles. The first-order valence-electron chi connectivity index (χ1n) is 10.9. The molecule has 3 aliphatic heterocycles. The van der Waals surface area contributed by atoms with Crippen LogP contribution in [0, 0.1) is 5.41 Å². The zero-order chi connectivity index (χ0) is 22.9. The number of amides is 4. The Balaban J connectivity index is 1.51. The highest BCUT2D eigenvalue weighted by atomic mass is 16.5. The van der Waals surface area contributed by atoms with Crippen molar-refractivity contribution in [3.8, 4) is 11.5 Å². The van der Waals surface area contributed by atoms with Gasteiger partial charge in [-0.05, 0) is 38.1 Å². The Morgan fingerprint density at radius 2 is 1.82 bits per heavy atom. The summed E-state index contributed by atoms with van der Waals surface area (Å²) in [7, 11) is 0. The third-order valence-electron chi connectivity index (χ3n) is 6.83. The van der Waals surface area contributed by atoms with E-state index >= 15 is 0 Å². The topological polar surface area (TPSA) is 114 Å². The molecular formula is C24H22N4O5. The predicted molar refractivity (Wildman–Crippen MR) is 118 cm³/mol. The van der Waals surface area contributed by atoms with Gasteiger partial charge in [-0.1, -0.05) is 18.2 Å². The molecule has 0 saturated carbocycles. The summed E-state index contributed by atoms with van der Waals surface area (Å²) in [5.74, 6) is -0.651. The zero-order valence-corrected chi connectivity index (χ0v) is 18.1. The summed E-state index contributed by atoms with van der Waals surface area (Å²) >= 11 is 0. The maximum absolute atomic E-state index is 13.2. The predicted octanol–water partition coefficient (Wildman–Crippen LogP) is 2.39. The molecule has 3 atom stereocenters. The van der Waals surface area contributed by atoms with Crippen molar-refractivity contribution in [2.45, 2.75) is 38.5 Å². The first-order valence-corrected chi connectivity index (χ1v) is 10.9. The number of pyridine rings is 1. The number of hydrogen-bond acceptors (Lipinski definition) is 7. The summed E-state index contributed by atoms with van der Waals surface area (Å²) in [6, 6.07) is 12.1. The monoisotopic (exact) mass is 446 g/mol. The number of fused-ring (bicyclic) bond motifs is 5. The lowest BCUT2D eigenvalue weighted by Crippen LogP contribution is -2.75. The summed E-state index contributed by atoms with van der Waals surface area (Å²) < 4.78 is 12.0. The van der Waals surface area contributed by atoms with E-state index in [-0.39, 0.29) is 12.5 Å². The molecule has 168 valence electrons. The standard InChI is InChI=1S/C24H22N4O5/c1-12-11-28-17-8-7-15(19-9-14-5-3-4-6-18(14)33-19)25-16(17)10-24(20(28)13(2)32-12)21(29)26-23(31)27-22(24)30/h3-9,12-13,20H,10-11H2,1-2H3,(H2,26,27,29,30,31)/t12-,13+,20-/m1/s1. The van der Waals surface area contributed by atoms with Crippen molar-refractivity contribution in [2.24, 2.45) is 5.41 Å². The summed E-state index contributed by atoms with van der Waals surface area (Å²) in [4.78, 5) is 45.2. The second-order valence-electron chi connectivity index (χ2n) is 8.95. The molecule has 0 bridgehead atoms. The van der Waals surface area contributed by atoms with Gasteiger partial charge in [-0.2, -0.15) is 0 Å². The van der Waals surface area contributed by atoms with Gasteiger partial charge in [-0.3, -0.25) is 20.2 Å². The summed E-state index contributed by atoms with van der Waals surface area (Å²) in [5, 5.41) is 5.55.